The average Bonchev–Trinajstić information content (AvgIpc) is 2.59. The maximum Gasteiger partial charge on any atom is 0.193 e. The first-order valence-corrected chi connectivity index (χ1v) is 10.5. The predicted octanol–water partition coefficient (Wildman–Crippen LogP) is 3.17. The van der Waals surface area contributed by atoms with Crippen LogP contribution in [0.4, 0.5) is 0 Å². The lowest BCUT2D eigenvalue weighted by molar-refractivity contribution is 0.273. The van der Waals surface area contributed by atoms with Crippen molar-refractivity contribution in [1.29, 1.82) is 0 Å². The van der Waals surface area contributed by atoms with Gasteiger partial charge >= 0.3 is 0 Å². The molecule has 1 aromatic rings. The van der Waals surface area contributed by atoms with E-state index >= 15 is 0 Å². The van der Waals surface area contributed by atoms with Crippen molar-refractivity contribution in [3.63, 3.8) is 0 Å². The Morgan fingerprint density at radius 1 is 1.24 bits per heavy atom. The van der Waals surface area contributed by atoms with Crippen LogP contribution < -0.4 is 5.32 Å². The van der Waals surface area contributed by atoms with Gasteiger partial charge in [-0.1, -0.05) is 25.1 Å². The number of piperidine rings is 1. The first-order valence-electron chi connectivity index (χ1n) is 8.84. The number of nitrogens with zero attached hydrogens (tertiary/aromatic N) is 2. The summed E-state index contributed by atoms with van der Waals surface area (Å²) in [5, 5.41) is 3.32. The van der Waals surface area contributed by atoms with Crippen molar-refractivity contribution < 1.29 is 8.42 Å². The van der Waals surface area contributed by atoms with Crippen LogP contribution in [0.15, 0.2) is 40.2 Å². The molecule has 0 atom stereocenters. The Kier molecular flexibility index (Phi) is 9.78. The molecule has 2 rings (SSSR count). The summed E-state index contributed by atoms with van der Waals surface area (Å²) < 4.78 is 24.5. The van der Waals surface area contributed by atoms with Gasteiger partial charge in [-0.25, -0.2) is 8.42 Å². The quantitative estimate of drug-likeness (QED) is 0.295. The smallest absolute Gasteiger partial charge is 0.193 e. The second-order valence-corrected chi connectivity index (χ2v) is 8.50. The lowest BCUT2D eigenvalue weighted by atomic mass is 10.00. The molecule has 1 fully saturated rings. The van der Waals surface area contributed by atoms with Gasteiger partial charge in [0.15, 0.2) is 15.8 Å². The Hall–Kier alpha value is -0.830. The number of nitrogens with one attached hydrogen (secondary N) is 1. The van der Waals surface area contributed by atoms with Crippen molar-refractivity contribution >= 4 is 39.8 Å². The second kappa shape index (κ2) is 11.0. The Morgan fingerprint density at radius 3 is 2.48 bits per heavy atom. The molecule has 1 aliphatic heterocycles. The van der Waals surface area contributed by atoms with E-state index in [1.807, 2.05) is 6.07 Å². The summed E-state index contributed by atoms with van der Waals surface area (Å²) in [6.07, 6.45) is 2.91. The number of benzene rings is 1. The molecule has 0 spiro atoms. The fourth-order valence-electron chi connectivity index (χ4n) is 2.83. The van der Waals surface area contributed by atoms with Gasteiger partial charge in [0.1, 0.15) is 0 Å². The van der Waals surface area contributed by atoms with Gasteiger partial charge in [-0.2, -0.15) is 0 Å². The van der Waals surface area contributed by atoms with Crippen molar-refractivity contribution in [2.45, 2.75) is 38.0 Å². The number of aliphatic imine (C=N–C) groups is 1. The van der Waals surface area contributed by atoms with Crippen LogP contribution >= 0.6 is 24.0 Å². The molecule has 7 heteroatoms. The minimum Gasteiger partial charge on any atom is -0.357 e. The Labute approximate surface area is 169 Å². The van der Waals surface area contributed by atoms with Gasteiger partial charge in [0.05, 0.1) is 10.6 Å². The Balaban J connectivity index is 0.00000312. The SMILES string of the molecule is CCNC(=NCCCS(=O)(=O)c1ccccc1)N1CCC(C)CC1.I. The minimum atomic E-state index is -3.21. The molecular weight excluding hydrogens is 449 g/mol. The molecule has 5 nitrogen and oxygen atoms in total. The lowest BCUT2D eigenvalue weighted by Crippen LogP contribution is -2.45. The summed E-state index contributed by atoms with van der Waals surface area (Å²) >= 11 is 0. The molecule has 0 aromatic heterocycles. The van der Waals surface area contributed by atoms with Crippen LogP contribution in [0, 0.1) is 5.92 Å². The molecule has 1 N–H and O–H groups in total. The highest BCUT2D eigenvalue weighted by molar-refractivity contribution is 14.0. The van der Waals surface area contributed by atoms with Crippen molar-refractivity contribution in [3.05, 3.63) is 30.3 Å². The fourth-order valence-corrected chi connectivity index (χ4v) is 4.15. The number of hydrogen-bond acceptors (Lipinski definition) is 3. The summed E-state index contributed by atoms with van der Waals surface area (Å²) in [7, 11) is -3.21. The number of hydrogen-bond donors (Lipinski definition) is 1. The first kappa shape index (κ1) is 22.2. The number of guanidine groups is 1. The normalized spacial score (nSPS) is 16.4. The standard InChI is InChI=1S/C18H29N3O2S.HI/c1-3-19-18(21-13-10-16(2)11-14-21)20-12-7-15-24(22,23)17-8-5-4-6-9-17;/h4-6,8-9,16H,3,7,10-15H2,1-2H3,(H,19,20);1H. The topological polar surface area (TPSA) is 61.8 Å². The van der Waals surface area contributed by atoms with Gasteiger partial charge in [-0.05, 0) is 44.2 Å². The minimum absolute atomic E-state index is 0. The number of sulfone groups is 1. The maximum atomic E-state index is 12.3. The second-order valence-electron chi connectivity index (χ2n) is 6.39. The lowest BCUT2D eigenvalue weighted by Gasteiger charge is -2.33. The molecule has 1 aliphatic rings. The van der Waals surface area contributed by atoms with Crippen LogP contribution in [0.3, 0.4) is 0 Å². The van der Waals surface area contributed by atoms with E-state index in [1.165, 1.54) is 12.8 Å². The molecule has 0 unspecified atom stereocenters. The molecule has 1 saturated heterocycles. The van der Waals surface area contributed by atoms with Crippen LogP contribution in [-0.2, 0) is 9.84 Å². The van der Waals surface area contributed by atoms with E-state index in [9.17, 15) is 8.42 Å². The summed E-state index contributed by atoms with van der Waals surface area (Å²) in [5.41, 5.74) is 0. The van der Waals surface area contributed by atoms with Gasteiger partial charge in [0, 0.05) is 26.2 Å². The van der Waals surface area contributed by atoms with E-state index in [0.717, 1.165) is 31.5 Å². The molecule has 1 aromatic carbocycles. The molecule has 142 valence electrons. The summed E-state index contributed by atoms with van der Waals surface area (Å²) in [6.45, 7) is 7.75. The van der Waals surface area contributed by atoms with Crippen molar-refractivity contribution in [3.8, 4) is 0 Å². The number of rotatable bonds is 6. The van der Waals surface area contributed by atoms with E-state index in [2.05, 4.69) is 29.1 Å². The molecule has 1 heterocycles. The van der Waals surface area contributed by atoms with Crippen LogP contribution in [0.25, 0.3) is 0 Å². The molecule has 25 heavy (non-hydrogen) atoms. The van der Waals surface area contributed by atoms with E-state index in [0.29, 0.717) is 17.9 Å². The third-order valence-electron chi connectivity index (χ3n) is 4.35. The van der Waals surface area contributed by atoms with Crippen LogP contribution in [0.2, 0.25) is 0 Å². The predicted molar refractivity (Wildman–Crippen MR) is 114 cm³/mol. The number of halogens is 1. The van der Waals surface area contributed by atoms with Crippen molar-refractivity contribution in [2.24, 2.45) is 10.9 Å². The van der Waals surface area contributed by atoms with Gasteiger partial charge in [0.2, 0.25) is 0 Å². The van der Waals surface area contributed by atoms with Gasteiger partial charge in [-0.3, -0.25) is 4.99 Å². The molecule has 0 bridgehead atoms. The molecule has 0 radical (unpaired) electrons. The summed E-state index contributed by atoms with van der Waals surface area (Å²) in [6, 6.07) is 8.64. The average molecular weight is 479 g/mol. The van der Waals surface area contributed by atoms with Crippen molar-refractivity contribution in [1.82, 2.24) is 10.2 Å². The van der Waals surface area contributed by atoms with Gasteiger partial charge < -0.3 is 10.2 Å². The zero-order chi connectivity index (χ0) is 17.4. The molecule has 0 saturated carbocycles. The van der Waals surface area contributed by atoms with Crippen LogP contribution in [-0.4, -0.2) is 51.2 Å². The molecule has 0 aliphatic carbocycles. The fraction of sp³-hybridized carbons (Fsp3) is 0.611. The third kappa shape index (κ3) is 7.13. The van der Waals surface area contributed by atoms with E-state index in [1.54, 1.807) is 24.3 Å². The van der Waals surface area contributed by atoms with Gasteiger partial charge in [-0.15, -0.1) is 24.0 Å². The zero-order valence-electron chi connectivity index (χ0n) is 15.1. The summed E-state index contributed by atoms with van der Waals surface area (Å²) in [4.78, 5) is 7.31. The number of likely N-dealkylation sites (tertiary alicyclic amines) is 1. The first-order chi connectivity index (χ1) is 11.5. The zero-order valence-corrected chi connectivity index (χ0v) is 18.3. The van der Waals surface area contributed by atoms with E-state index in [4.69, 9.17) is 0 Å². The molecular formula is C18H30IN3O2S. The Morgan fingerprint density at radius 2 is 1.88 bits per heavy atom. The highest BCUT2D eigenvalue weighted by Gasteiger charge is 2.18. The highest BCUT2D eigenvalue weighted by atomic mass is 127. The third-order valence-corrected chi connectivity index (χ3v) is 6.17. The monoisotopic (exact) mass is 479 g/mol. The highest BCUT2D eigenvalue weighted by Crippen LogP contribution is 2.16. The van der Waals surface area contributed by atoms with Gasteiger partial charge in [0.25, 0.3) is 0 Å². The molecule has 0 amide bonds. The summed E-state index contributed by atoms with van der Waals surface area (Å²) in [5.74, 6) is 1.83. The van der Waals surface area contributed by atoms with Crippen molar-refractivity contribution in [2.75, 3.05) is 31.9 Å². The van der Waals surface area contributed by atoms with E-state index in [-0.39, 0.29) is 29.7 Å². The van der Waals surface area contributed by atoms with Crippen LogP contribution in [0.1, 0.15) is 33.1 Å². The van der Waals surface area contributed by atoms with E-state index < -0.39 is 9.84 Å². The largest absolute Gasteiger partial charge is 0.357 e. The Bertz CT molecular complexity index is 627. The maximum absolute atomic E-state index is 12.3. The van der Waals surface area contributed by atoms with Crippen LogP contribution in [0.5, 0.6) is 0 Å².